The molecule has 0 saturated carbocycles. The number of hydrogen-bond donors (Lipinski definition) is 2. The average molecular weight is 532 g/mol. The Morgan fingerprint density at radius 3 is 2.65 bits per heavy atom. The first kappa shape index (κ1) is 28.0. The number of halogens is 3. The minimum Gasteiger partial charge on any atom is -0.458 e. The molecule has 1 aliphatic heterocycles. The molecule has 34 heavy (non-hydrogen) atoms. The summed E-state index contributed by atoms with van der Waals surface area (Å²) in [7, 11) is 0. The molecule has 1 aromatic carbocycles. The maximum Gasteiger partial charge on any atom is 0.251 e. The van der Waals surface area contributed by atoms with E-state index in [0.717, 1.165) is 0 Å². The molecule has 3 rings (SSSR count). The molecule has 0 spiro atoms. The summed E-state index contributed by atoms with van der Waals surface area (Å²) in [6, 6.07) is 5.93. The van der Waals surface area contributed by atoms with Gasteiger partial charge in [0.1, 0.15) is 22.6 Å². The molecule has 186 valence electrons. The van der Waals surface area contributed by atoms with E-state index in [1.807, 2.05) is 13.8 Å². The van der Waals surface area contributed by atoms with E-state index in [2.05, 4.69) is 10.4 Å². The van der Waals surface area contributed by atoms with Crippen molar-refractivity contribution in [3.63, 3.8) is 0 Å². The first-order valence-corrected chi connectivity index (χ1v) is 11.4. The lowest BCUT2D eigenvalue weighted by Crippen LogP contribution is -2.46. The number of hydrogen-bond acceptors (Lipinski definition) is 5. The lowest BCUT2D eigenvalue weighted by molar-refractivity contribution is -0.133. The van der Waals surface area contributed by atoms with Crippen molar-refractivity contribution >= 4 is 53.2 Å². The van der Waals surface area contributed by atoms with Crippen molar-refractivity contribution in [2.45, 2.75) is 52.3 Å². The monoisotopic (exact) mass is 530 g/mol. The zero-order valence-corrected chi connectivity index (χ0v) is 21.7. The Balaban J connectivity index is 0.00000408. The van der Waals surface area contributed by atoms with E-state index in [9.17, 15) is 14.7 Å². The Morgan fingerprint density at radius 2 is 2.00 bits per heavy atom. The van der Waals surface area contributed by atoms with Gasteiger partial charge < -0.3 is 20.1 Å². The Labute approximate surface area is 215 Å². The van der Waals surface area contributed by atoms with Crippen LogP contribution in [0.25, 0.3) is 0 Å². The normalized spacial score (nSPS) is 14.6. The van der Waals surface area contributed by atoms with Crippen molar-refractivity contribution in [1.29, 1.82) is 0 Å². The first-order valence-electron chi connectivity index (χ1n) is 10.6. The number of carbonyl (C=O) groups is 2. The van der Waals surface area contributed by atoms with Crippen LogP contribution >= 0.6 is 35.6 Å². The fourth-order valence-corrected chi connectivity index (χ4v) is 3.82. The lowest BCUT2D eigenvalue weighted by atomic mass is 10.0. The van der Waals surface area contributed by atoms with Gasteiger partial charge in [-0.25, -0.2) is 0 Å². The predicted octanol–water partition coefficient (Wildman–Crippen LogP) is 4.54. The number of carbonyl (C=O) groups excluding carboxylic acids is 2. The van der Waals surface area contributed by atoms with Gasteiger partial charge in [-0.3, -0.25) is 14.3 Å². The average Bonchev–Trinajstić information content (AvgIpc) is 3.27. The molecule has 2 amide bonds. The summed E-state index contributed by atoms with van der Waals surface area (Å²) in [6.45, 7) is 7.71. The minimum absolute atomic E-state index is 0. The maximum absolute atomic E-state index is 13.1. The van der Waals surface area contributed by atoms with Gasteiger partial charge in [0.15, 0.2) is 5.82 Å². The minimum atomic E-state index is -0.941. The third-order valence-electron chi connectivity index (χ3n) is 4.87. The van der Waals surface area contributed by atoms with E-state index >= 15 is 0 Å². The zero-order valence-electron chi connectivity index (χ0n) is 19.4. The van der Waals surface area contributed by atoms with E-state index in [1.165, 1.54) is 11.0 Å². The Kier molecular flexibility index (Phi) is 9.42. The molecule has 0 radical (unpaired) electrons. The molecule has 8 nitrogen and oxygen atoms in total. The van der Waals surface area contributed by atoms with Crippen molar-refractivity contribution in [3.8, 4) is 5.75 Å². The fourth-order valence-electron chi connectivity index (χ4n) is 3.49. The van der Waals surface area contributed by atoms with Crippen LogP contribution in [0.1, 0.15) is 34.1 Å². The van der Waals surface area contributed by atoms with Gasteiger partial charge in [0.05, 0.1) is 23.7 Å². The standard InChI is InChI=1S/C23H28Cl2N4O4.ClH/c1-14(2)10-17(22(31)26-19-8-9-28(27-19)13-23(3,4)32)29-12-15(11-20(29)30)33-18-7-5-6-16(24)21(18)25;/h5-9,11,14,17,32H,10,12-13H2,1-4H3,(H,26,27,31);1H/t17-;/m0./s1. The number of nitrogens with one attached hydrogen (secondary N) is 1. The number of anilines is 1. The second-order valence-electron chi connectivity index (χ2n) is 9.08. The Hall–Kier alpha value is -2.26. The predicted molar refractivity (Wildman–Crippen MR) is 135 cm³/mol. The van der Waals surface area contributed by atoms with Crippen molar-refractivity contribution in [1.82, 2.24) is 14.7 Å². The summed E-state index contributed by atoms with van der Waals surface area (Å²) in [5, 5.41) is 17.6. The van der Waals surface area contributed by atoms with Gasteiger partial charge >= 0.3 is 0 Å². The molecule has 0 unspecified atom stereocenters. The number of aromatic nitrogens is 2. The van der Waals surface area contributed by atoms with Gasteiger partial charge in [0.2, 0.25) is 5.91 Å². The van der Waals surface area contributed by atoms with Gasteiger partial charge in [0, 0.05) is 18.3 Å². The summed E-state index contributed by atoms with van der Waals surface area (Å²) in [6.07, 6.45) is 3.49. The molecule has 1 aliphatic rings. The molecular formula is C23H29Cl3N4O4. The Morgan fingerprint density at radius 1 is 1.29 bits per heavy atom. The van der Waals surface area contributed by atoms with E-state index in [1.54, 1.807) is 49.0 Å². The van der Waals surface area contributed by atoms with E-state index in [0.29, 0.717) is 28.8 Å². The maximum atomic E-state index is 13.1. The fraction of sp³-hybridized carbons (Fsp3) is 0.435. The summed E-state index contributed by atoms with van der Waals surface area (Å²) in [4.78, 5) is 27.4. The second-order valence-corrected chi connectivity index (χ2v) is 9.86. The SMILES string of the molecule is CC(C)C[C@@H](C(=O)Nc1ccn(CC(C)(C)O)n1)N1CC(Oc2cccc(Cl)c2Cl)=CC1=O.Cl. The van der Waals surface area contributed by atoms with E-state index < -0.39 is 11.6 Å². The molecule has 0 saturated heterocycles. The van der Waals surface area contributed by atoms with Crippen LogP contribution in [0.4, 0.5) is 5.82 Å². The topological polar surface area (TPSA) is 96.7 Å². The summed E-state index contributed by atoms with van der Waals surface area (Å²) < 4.78 is 7.35. The highest BCUT2D eigenvalue weighted by Gasteiger charge is 2.35. The quantitative estimate of drug-likeness (QED) is 0.495. The second kappa shape index (κ2) is 11.4. The molecule has 11 heteroatoms. The Bertz CT molecular complexity index is 1060. The first-order chi connectivity index (χ1) is 15.4. The third-order valence-corrected chi connectivity index (χ3v) is 5.67. The smallest absolute Gasteiger partial charge is 0.251 e. The van der Waals surface area contributed by atoms with Gasteiger partial charge in [-0.15, -0.1) is 12.4 Å². The highest BCUT2D eigenvalue weighted by atomic mass is 35.5. The van der Waals surface area contributed by atoms with Gasteiger partial charge in [-0.2, -0.15) is 5.10 Å². The van der Waals surface area contributed by atoms with Crippen molar-refractivity contribution in [2.75, 3.05) is 11.9 Å². The van der Waals surface area contributed by atoms with Crippen LogP contribution in [0.5, 0.6) is 5.75 Å². The van der Waals surface area contributed by atoms with Gasteiger partial charge in [0.25, 0.3) is 5.91 Å². The summed E-state index contributed by atoms with van der Waals surface area (Å²) >= 11 is 12.2. The molecule has 0 fully saturated rings. The van der Waals surface area contributed by atoms with Gasteiger partial charge in [-0.05, 0) is 38.3 Å². The lowest BCUT2D eigenvalue weighted by Gasteiger charge is -2.28. The van der Waals surface area contributed by atoms with Crippen LogP contribution in [0.2, 0.25) is 10.0 Å². The van der Waals surface area contributed by atoms with Crippen molar-refractivity contribution in [3.05, 3.63) is 52.3 Å². The van der Waals surface area contributed by atoms with Crippen LogP contribution in [0.15, 0.2) is 42.3 Å². The molecule has 2 N–H and O–H groups in total. The molecule has 0 bridgehead atoms. The number of ether oxygens (including phenoxy) is 1. The number of amides is 2. The number of rotatable bonds is 9. The molecular weight excluding hydrogens is 503 g/mol. The van der Waals surface area contributed by atoms with E-state index in [-0.39, 0.29) is 48.3 Å². The summed E-state index contributed by atoms with van der Waals surface area (Å²) in [5.41, 5.74) is -0.941. The largest absolute Gasteiger partial charge is 0.458 e. The zero-order chi connectivity index (χ0) is 24.3. The summed E-state index contributed by atoms with van der Waals surface area (Å²) in [5.74, 6) is 0.554. The molecule has 2 heterocycles. The molecule has 1 aromatic heterocycles. The van der Waals surface area contributed by atoms with Crippen LogP contribution in [-0.2, 0) is 16.1 Å². The number of benzene rings is 1. The van der Waals surface area contributed by atoms with Crippen LogP contribution in [-0.4, -0.2) is 49.8 Å². The third kappa shape index (κ3) is 7.37. The van der Waals surface area contributed by atoms with Crippen molar-refractivity contribution in [2.24, 2.45) is 5.92 Å². The van der Waals surface area contributed by atoms with Crippen LogP contribution in [0.3, 0.4) is 0 Å². The van der Waals surface area contributed by atoms with E-state index in [4.69, 9.17) is 27.9 Å². The van der Waals surface area contributed by atoms with Crippen molar-refractivity contribution < 1.29 is 19.4 Å². The molecule has 0 aliphatic carbocycles. The molecule has 1 atom stereocenters. The highest BCUT2D eigenvalue weighted by Crippen LogP contribution is 2.33. The highest BCUT2D eigenvalue weighted by molar-refractivity contribution is 6.42. The van der Waals surface area contributed by atoms with Gasteiger partial charge in [-0.1, -0.05) is 43.1 Å². The van der Waals surface area contributed by atoms with Crippen LogP contribution in [0, 0.1) is 5.92 Å². The number of aliphatic hydroxyl groups is 1. The number of nitrogens with zero attached hydrogens (tertiary/aromatic N) is 3. The molecule has 2 aromatic rings. The van der Waals surface area contributed by atoms with Crippen LogP contribution < -0.4 is 10.1 Å².